The second-order valence-corrected chi connectivity index (χ2v) is 7.42. The molecule has 128 valence electrons. The summed E-state index contributed by atoms with van der Waals surface area (Å²) in [4.78, 5) is 12.0. The fourth-order valence-corrected chi connectivity index (χ4v) is 3.33. The topological polar surface area (TPSA) is 64.1 Å². The summed E-state index contributed by atoms with van der Waals surface area (Å²) in [7, 11) is 0. The Morgan fingerprint density at radius 2 is 1.92 bits per heavy atom. The summed E-state index contributed by atoms with van der Waals surface area (Å²) < 4.78 is 6.26. The van der Waals surface area contributed by atoms with Crippen LogP contribution in [0.15, 0.2) is 53.0 Å². The Balaban J connectivity index is 1.53. The highest BCUT2D eigenvalue weighted by molar-refractivity contribution is 9.10. The van der Waals surface area contributed by atoms with Crippen LogP contribution in [-0.2, 0) is 11.2 Å². The smallest absolute Gasteiger partial charge is 0.264 e. The second-order valence-electron chi connectivity index (χ2n) is 5.07. The first-order valence-corrected chi connectivity index (χ1v) is 9.33. The number of hydrogen-bond acceptors (Lipinski definition) is 5. The summed E-state index contributed by atoms with van der Waals surface area (Å²) >= 11 is 10.6. The third-order valence-corrected chi connectivity index (χ3v) is 4.92. The predicted octanol–water partition coefficient (Wildman–Crippen LogP) is 4.56. The molecule has 1 N–H and O–H groups in total. The minimum atomic E-state index is -0.287. The van der Waals surface area contributed by atoms with Crippen LogP contribution in [0.25, 0.3) is 0 Å². The summed E-state index contributed by atoms with van der Waals surface area (Å²) in [6.07, 6.45) is 0.637. The van der Waals surface area contributed by atoms with Gasteiger partial charge in [-0.25, -0.2) is 0 Å². The fraction of sp³-hybridized carbons (Fsp3) is 0.118. The van der Waals surface area contributed by atoms with Crippen LogP contribution in [0.1, 0.15) is 10.6 Å². The van der Waals surface area contributed by atoms with E-state index in [1.807, 2.05) is 42.5 Å². The van der Waals surface area contributed by atoms with Gasteiger partial charge in [0, 0.05) is 11.4 Å². The Bertz CT molecular complexity index is 870. The van der Waals surface area contributed by atoms with E-state index >= 15 is 0 Å². The van der Waals surface area contributed by atoms with Crippen molar-refractivity contribution in [3.63, 3.8) is 0 Å². The molecule has 0 fully saturated rings. The second kappa shape index (κ2) is 8.42. The van der Waals surface area contributed by atoms with Gasteiger partial charge in [0.1, 0.15) is 10.8 Å². The molecule has 0 saturated heterocycles. The Morgan fingerprint density at radius 1 is 1.16 bits per heavy atom. The van der Waals surface area contributed by atoms with Crippen LogP contribution < -0.4 is 10.1 Å². The highest BCUT2D eigenvalue weighted by Crippen LogP contribution is 2.24. The molecule has 0 radical (unpaired) electrons. The van der Waals surface area contributed by atoms with Crippen molar-refractivity contribution in [3.05, 3.63) is 68.6 Å². The molecule has 0 aliphatic rings. The lowest BCUT2D eigenvalue weighted by atomic mass is 10.2. The number of aromatic nitrogens is 2. The largest absolute Gasteiger partial charge is 0.483 e. The number of rotatable bonds is 6. The van der Waals surface area contributed by atoms with Crippen LogP contribution in [0.5, 0.6) is 5.75 Å². The molecule has 8 heteroatoms. The zero-order chi connectivity index (χ0) is 17.6. The Morgan fingerprint density at radius 3 is 2.68 bits per heavy atom. The van der Waals surface area contributed by atoms with Crippen molar-refractivity contribution in [3.8, 4) is 5.75 Å². The molecule has 0 unspecified atom stereocenters. The van der Waals surface area contributed by atoms with Crippen LogP contribution in [0.4, 0.5) is 5.13 Å². The van der Waals surface area contributed by atoms with E-state index in [0.717, 1.165) is 15.0 Å². The van der Waals surface area contributed by atoms with Crippen molar-refractivity contribution < 1.29 is 9.53 Å². The normalized spacial score (nSPS) is 10.5. The Labute approximate surface area is 162 Å². The Hall–Kier alpha value is -1.96. The SMILES string of the molecule is O=C(COc1ccccc1Br)Nc1nnc(Cc2ccc(Cl)cc2)s1. The quantitative estimate of drug-likeness (QED) is 0.613. The molecule has 0 bridgehead atoms. The van der Waals surface area contributed by atoms with E-state index in [1.54, 1.807) is 6.07 Å². The van der Waals surface area contributed by atoms with Crippen LogP contribution in [-0.4, -0.2) is 22.7 Å². The number of benzene rings is 2. The van der Waals surface area contributed by atoms with Gasteiger partial charge in [-0.1, -0.05) is 47.2 Å². The maximum Gasteiger partial charge on any atom is 0.264 e. The molecular formula is C17H13BrClN3O2S. The minimum absolute atomic E-state index is 0.102. The summed E-state index contributed by atoms with van der Waals surface area (Å²) in [5, 5.41) is 12.7. The van der Waals surface area contributed by atoms with E-state index in [-0.39, 0.29) is 12.5 Å². The minimum Gasteiger partial charge on any atom is -0.483 e. The molecule has 5 nitrogen and oxygen atoms in total. The molecule has 0 spiro atoms. The monoisotopic (exact) mass is 437 g/mol. The predicted molar refractivity (Wildman–Crippen MR) is 102 cm³/mol. The lowest BCUT2D eigenvalue weighted by Crippen LogP contribution is -2.20. The first-order valence-electron chi connectivity index (χ1n) is 7.34. The Kier molecular flexibility index (Phi) is 6.01. The fourth-order valence-electron chi connectivity index (χ4n) is 2.01. The van der Waals surface area contributed by atoms with Gasteiger partial charge in [-0.3, -0.25) is 10.1 Å². The number of para-hydroxylation sites is 1. The standard InChI is InChI=1S/C17H13BrClN3O2S/c18-13-3-1-2-4-14(13)24-10-15(23)20-17-22-21-16(25-17)9-11-5-7-12(19)8-6-11/h1-8H,9-10H2,(H,20,22,23). The van der Waals surface area contributed by atoms with Crippen LogP contribution >= 0.6 is 38.9 Å². The number of nitrogens with zero attached hydrogens (tertiary/aromatic N) is 2. The summed E-state index contributed by atoms with van der Waals surface area (Å²) in [6, 6.07) is 14.9. The van der Waals surface area contributed by atoms with Gasteiger partial charge in [-0.2, -0.15) is 0 Å². The number of nitrogens with one attached hydrogen (secondary N) is 1. The third-order valence-electron chi connectivity index (χ3n) is 3.18. The van der Waals surface area contributed by atoms with Gasteiger partial charge in [-0.05, 0) is 45.8 Å². The van der Waals surface area contributed by atoms with Crippen molar-refractivity contribution in [1.29, 1.82) is 0 Å². The number of carbonyl (C=O) groups excluding carboxylic acids is 1. The molecule has 2 aromatic carbocycles. The lowest BCUT2D eigenvalue weighted by molar-refractivity contribution is -0.118. The molecule has 3 rings (SSSR count). The van der Waals surface area contributed by atoms with E-state index in [1.165, 1.54) is 11.3 Å². The molecule has 1 heterocycles. The van der Waals surface area contributed by atoms with Crippen molar-refractivity contribution in [2.45, 2.75) is 6.42 Å². The molecular weight excluding hydrogens is 426 g/mol. The lowest BCUT2D eigenvalue weighted by Gasteiger charge is -2.06. The van der Waals surface area contributed by atoms with E-state index in [9.17, 15) is 4.79 Å². The number of amides is 1. The van der Waals surface area contributed by atoms with Gasteiger partial charge in [0.15, 0.2) is 6.61 Å². The molecule has 0 aliphatic carbocycles. The van der Waals surface area contributed by atoms with Crippen LogP contribution in [0.2, 0.25) is 5.02 Å². The molecule has 0 aliphatic heterocycles. The van der Waals surface area contributed by atoms with Crippen molar-refractivity contribution in [1.82, 2.24) is 10.2 Å². The van der Waals surface area contributed by atoms with Gasteiger partial charge < -0.3 is 4.74 Å². The van der Waals surface area contributed by atoms with E-state index < -0.39 is 0 Å². The zero-order valence-electron chi connectivity index (χ0n) is 12.9. The van der Waals surface area contributed by atoms with Crippen molar-refractivity contribution in [2.24, 2.45) is 0 Å². The first-order chi connectivity index (χ1) is 12.1. The number of ether oxygens (including phenoxy) is 1. The zero-order valence-corrected chi connectivity index (χ0v) is 16.1. The number of hydrogen-bond donors (Lipinski definition) is 1. The molecule has 25 heavy (non-hydrogen) atoms. The first kappa shape index (κ1) is 17.8. The summed E-state index contributed by atoms with van der Waals surface area (Å²) in [6.45, 7) is -0.102. The highest BCUT2D eigenvalue weighted by Gasteiger charge is 2.10. The molecule has 0 atom stereocenters. The summed E-state index contributed by atoms with van der Waals surface area (Å²) in [5.41, 5.74) is 1.08. The number of halogens is 2. The summed E-state index contributed by atoms with van der Waals surface area (Å²) in [5.74, 6) is 0.322. The number of anilines is 1. The number of carbonyl (C=O) groups is 1. The molecule has 3 aromatic rings. The average molecular weight is 439 g/mol. The van der Waals surface area contributed by atoms with Gasteiger partial charge in [-0.15, -0.1) is 10.2 Å². The average Bonchev–Trinajstić information content (AvgIpc) is 3.03. The molecule has 1 amide bonds. The van der Waals surface area contributed by atoms with E-state index in [0.29, 0.717) is 22.3 Å². The molecule has 1 aromatic heterocycles. The van der Waals surface area contributed by atoms with Crippen LogP contribution in [0.3, 0.4) is 0 Å². The van der Waals surface area contributed by atoms with Gasteiger partial charge in [0.05, 0.1) is 4.47 Å². The van der Waals surface area contributed by atoms with E-state index in [2.05, 4.69) is 31.4 Å². The van der Waals surface area contributed by atoms with E-state index in [4.69, 9.17) is 16.3 Å². The maximum atomic E-state index is 12.0. The van der Waals surface area contributed by atoms with Crippen LogP contribution in [0, 0.1) is 0 Å². The van der Waals surface area contributed by atoms with Crippen molar-refractivity contribution in [2.75, 3.05) is 11.9 Å². The highest BCUT2D eigenvalue weighted by atomic mass is 79.9. The van der Waals surface area contributed by atoms with Crippen molar-refractivity contribution >= 4 is 49.9 Å². The third kappa shape index (κ3) is 5.26. The van der Waals surface area contributed by atoms with Gasteiger partial charge >= 0.3 is 0 Å². The van der Waals surface area contributed by atoms with Gasteiger partial charge in [0.25, 0.3) is 5.91 Å². The maximum absolute atomic E-state index is 12.0. The molecule has 0 saturated carbocycles. The van der Waals surface area contributed by atoms with Gasteiger partial charge in [0.2, 0.25) is 5.13 Å².